The van der Waals surface area contributed by atoms with Gasteiger partial charge < -0.3 is 13.9 Å². The summed E-state index contributed by atoms with van der Waals surface area (Å²) in [4.78, 5) is 25.0. The van der Waals surface area contributed by atoms with E-state index < -0.39 is 10.8 Å². The van der Waals surface area contributed by atoms with E-state index in [0.29, 0.717) is 0 Å². The molecular weight excluding hydrogens is 316 g/mol. The largest absolute Gasteiger partial charge is 0.472 e. The number of furan rings is 1. The zero-order valence-corrected chi connectivity index (χ0v) is 15.3. The van der Waals surface area contributed by atoms with E-state index in [4.69, 9.17) is 9.15 Å². The molecule has 0 aliphatic heterocycles. The molecule has 2 aliphatic rings. The Morgan fingerprint density at radius 3 is 2.92 bits per heavy atom. The molecule has 1 heterocycles. The molecule has 0 radical (unpaired) electrons. The highest BCUT2D eigenvalue weighted by Gasteiger charge is 2.60. The third kappa shape index (κ3) is 2.86. The molecule has 0 unspecified atom stereocenters. The second kappa shape index (κ2) is 6.81. The van der Waals surface area contributed by atoms with Gasteiger partial charge in [0, 0.05) is 5.41 Å². The van der Waals surface area contributed by atoms with E-state index in [9.17, 15) is 9.59 Å². The van der Waals surface area contributed by atoms with Crippen molar-refractivity contribution in [3.63, 3.8) is 0 Å². The van der Waals surface area contributed by atoms with Crippen LogP contribution < -0.4 is 0 Å². The first-order valence-corrected chi connectivity index (χ1v) is 9.21. The number of methoxy groups -OCH3 is 1. The van der Waals surface area contributed by atoms with Crippen LogP contribution in [0.15, 0.2) is 35.2 Å². The number of aldehydes is 1. The third-order valence-corrected chi connectivity index (χ3v) is 6.79. The Morgan fingerprint density at radius 1 is 1.48 bits per heavy atom. The molecule has 0 bridgehead atoms. The van der Waals surface area contributed by atoms with Crippen LogP contribution in [-0.2, 0) is 20.7 Å². The number of carbonyl (C=O) groups is 2. The fourth-order valence-electron chi connectivity index (χ4n) is 5.51. The van der Waals surface area contributed by atoms with Gasteiger partial charge in [0.1, 0.15) is 6.29 Å². The first-order chi connectivity index (χ1) is 12.0. The molecule has 4 atom stereocenters. The second-order valence-corrected chi connectivity index (χ2v) is 7.97. The summed E-state index contributed by atoms with van der Waals surface area (Å²) in [5.74, 6) is -0.0361. The van der Waals surface area contributed by atoms with Crippen LogP contribution in [0.5, 0.6) is 0 Å². The van der Waals surface area contributed by atoms with Gasteiger partial charge in [-0.05, 0) is 68.9 Å². The van der Waals surface area contributed by atoms with Crippen LogP contribution in [0.2, 0.25) is 0 Å². The highest BCUT2D eigenvalue weighted by Crippen LogP contribution is 2.61. The maximum atomic E-state index is 12.6. The second-order valence-electron chi connectivity index (χ2n) is 7.97. The summed E-state index contributed by atoms with van der Waals surface area (Å²) in [5, 5.41) is 0. The van der Waals surface area contributed by atoms with E-state index in [-0.39, 0.29) is 17.8 Å². The minimum Gasteiger partial charge on any atom is -0.472 e. The molecule has 1 aromatic heterocycles. The van der Waals surface area contributed by atoms with E-state index in [1.54, 1.807) is 12.5 Å². The maximum Gasteiger partial charge on any atom is 0.311 e. The number of hydrogen-bond acceptors (Lipinski definition) is 4. The molecule has 0 amide bonds. The number of hydrogen-bond donors (Lipinski definition) is 0. The molecule has 0 saturated heterocycles. The summed E-state index contributed by atoms with van der Waals surface area (Å²) in [5.41, 5.74) is 1.21. The van der Waals surface area contributed by atoms with Gasteiger partial charge in [-0.15, -0.1) is 0 Å². The molecule has 2 saturated carbocycles. The first kappa shape index (κ1) is 18.0. The summed E-state index contributed by atoms with van der Waals surface area (Å²) in [6.45, 7) is 6.28. The summed E-state index contributed by atoms with van der Waals surface area (Å²) in [7, 11) is 1.45. The van der Waals surface area contributed by atoms with Gasteiger partial charge in [0.15, 0.2) is 0 Å². The molecule has 0 aromatic carbocycles. The van der Waals surface area contributed by atoms with Gasteiger partial charge in [-0.3, -0.25) is 4.79 Å². The van der Waals surface area contributed by atoms with Crippen LogP contribution in [0.4, 0.5) is 0 Å². The summed E-state index contributed by atoms with van der Waals surface area (Å²) < 4.78 is 10.3. The average molecular weight is 344 g/mol. The number of rotatable bonds is 5. The monoisotopic (exact) mass is 344 g/mol. The van der Waals surface area contributed by atoms with Crippen molar-refractivity contribution < 1.29 is 18.7 Å². The molecule has 2 fully saturated rings. The fraction of sp³-hybridized carbons (Fsp3) is 0.619. The van der Waals surface area contributed by atoms with E-state index >= 15 is 0 Å². The van der Waals surface area contributed by atoms with Crippen molar-refractivity contribution in [2.75, 3.05) is 7.11 Å². The Hall–Kier alpha value is -1.84. The summed E-state index contributed by atoms with van der Waals surface area (Å²) in [6.07, 6.45) is 10.5. The molecular formula is C21H28O4. The van der Waals surface area contributed by atoms with Crippen LogP contribution in [0.3, 0.4) is 0 Å². The smallest absolute Gasteiger partial charge is 0.311 e. The molecule has 0 N–H and O–H groups in total. The minimum absolute atomic E-state index is 0.0264. The van der Waals surface area contributed by atoms with Crippen molar-refractivity contribution in [3.8, 4) is 0 Å². The number of aryl methyl sites for hydroxylation is 1. The first-order valence-electron chi connectivity index (χ1n) is 9.21. The third-order valence-electron chi connectivity index (χ3n) is 6.79. The Kier molecular flexibility index (Phi) is 4.90. The van der Waals surface area contributed by atoms with Crippen LogP contribution in [0.25, 0.3) is 0 Å². The molecule has 4 heteroatoms. The number of ether oxygens (including phenoxy) is 1. The maximum absolute atomic E-state index is 12.6. The Bertz CT molecular complexity index is 647. The van der Waals surface area contributed by atoms with Gasteiger partial charge >= 0.3 is 5.97 Å². The van der Waals surface area contributed by atoms with E-state index in [0.717, 1.165) is 62.4 Å². The predicted octanol–water partition coefficient (Wildman–Crippen LogP) is 4.34. The van der Waals surface area contributed by atoms with Gasteiger partial charge in [0.2, 0.25) is 0 Å². The quantitative estimate of drug-likeness (QED) is 0.453. The molecule has 4 nitrogen and oxygen atoms in total. The normalized spacial score (nSPS) is 35.0. The van der Waals surface area contributed by atoms with Crippen molar-refractivity contribution in [3.05, 3.63) is 36.3 Å². The van der Waals surface area contributed by atoms with E-state index in [1.807, 2.05) is 13.0 Å². The molecule has 3 rings (SSSR count). The van der Waals surface area contributed by atoms with Crippen molar-refractivity contribution in [2.45, 2.75) is 51.9 Å². The van der Waals surface area contributed by atoms with Crippen molar-refractivity contribution >= 4 is 12.3 Å². The lowest BCUT2D eigenvalue weighted by molar-refractivity contribution is -0.169. The summed E-state index contributed by atoms with van der Waals surface area (Å²) >= 11 is 0. The van der Waals surface area contributed by atoms with Crippen LogP contribution in [0.1, 0.15) is 51.0 Å². The topological polar surface area (TPSA) is 56.5 Å². The lowest BCUT2D eigenvalue weighted by atomic mass is 9.46. The average Bonchev–Trinajstić information content (AvgIpc) is 3.13. The number of fused-ring (bicyclic) bond motifs is 1. The Labute approximate surface area is 149 Å². The highest BCUT2D eigenvalue weighted by atomic mass is 16.5. The number of allylic oxidation sites excluding steroid dienone is 1. The van der Waals surface area contributed by atoms with Crippen LogP contribution in [-0.4, -0.2) is 19.4 Å². The van der Waals surface area contributed by atoms with Crippen molar-refractivity contribution in [2.24, 2.45) is 22.7 Å². The van der Waals surface area contributed by atoms with Gasteiger partial charge in [-0.2, -0.15) is 0 Å². The van der Waals surface area contributed by atoms with Gasteiger partial charge in [-0.1, -0.05) is 18.6 Å². The zero-order chi connectivity index (χ0) is 18.1. The van der Waals surface area contributed by atoms with Crippen molar-refractivity contribution in [1.82, 2.24) is 0 Å². The SMILES string of the molecule is C=C1CC[C@H]2[C@](C=O)(CCC[C@]2(C)C(=O)OC)[C@H]1CCc1ccoc1. The number of esters is 1. The highest BCUT2D eigenvalue weighted by molar-refractivity contribution is 5.79. The van der Waals surface area contributed by atoms with E-state index in [1.165, 1.54) is 7.11 Å². The van der Waals surface area contributed by atoms with Crippen molar-refractivity contribution in [1.29, 1.82) is 0 Å². The van der Waals surface area contributed by atoms with Gasteiger partial charge in [0.25, 0.3) is 0 Å². The molecule has 2 aliphatic carbocycles. The van der Waals surface area contributed by atoms with Crippen LogP contribution in [0, 0.1) is 22.7 Å². The lowest BCUT2D eigenvalue weighted by Crippen LogP contribution is -2.55. The molecule has 136 valence electrons. The molecule has 25 heavy (non-hydrogen) atoms. The zero-order valence-electron chi connectivity index (χ0n) is 15.3. The van der Waals surface area contributed by atoms with Gasteiger partial charge in [0.05, 0.1) is 25.1 Å². The van der Waals surface area contributed by atoms with E-state index in [2.05, 4.69) is 6.58 Å². The molecule has 0 spiro atoms. The molecule has 1 aromatic rings. The lowest BCUT2D eigenvalue weighted by Gasteiger charge is -2.56. The number of carbonyl (C=O) groups excluding carboxylic acids is 2. The predicted molar refractivity (Wildman–Crippen MR) is 94.9 cm³/mol. The minimum atomic E-state index is -0.581. The standard InChI is InChI=1S/C21H28O4/c1-15-5-8-18-20(2,19(23)24-3)10-4-11-21(18,14-22)17(15)7-6-16-9-12-25-13-16/h9,12-14,17-18H,1,4-8,10-11H2,2-3H3/t17-,18+,20-,21-/m0/s1. The summed E-state index contributed by atoms with van der Waals surface area (Å²) in [6, 6.07) is 1.97. The van der Waals surface area contributed by atoms with Gasteiger partial charge in [-0.25, -0.2) is 0 Å². The van der Waals surface area contributed by atoms with Crippen LogP contribution >= 0.6 is 0 Å². The fourth-order valence-corrected chi connectivity index (χ4v) is 5.51. The Balaban J connectivity index is 1.93. The Morgan fingerprint density at radius 2 is 2.28 bits per heavy atom.